The molecule has 9 heteroatoms. The third kappa shape index (κ3) is 6.58. The predicted octanol–water partition coefficient (Wildman–Crippen LogP) is 3.07. The Labute approximate surface area is 162 Å². The van der Waals surface area contributed by atoms with Crippen LogP contribution in [0.3, 0.4) is 0 Å². The van der Waals surface area contributed by atoms with E-state index in [0.717, 1.165) is 11.8 Å². The normalized spacial score (nSPS) is 10.9. The van der Waals surface area contributed by atoms with E-state index in [9.17, 15) is 18.0 Å². The van der Waals surface area contributed by atoms with Crippen LogP contribution in [0.1, 0.15) is 22.8 Å². The monoisotopic (exact) mass is 410 g/mol. The number of carbonyl (C=O) groups is 2. The van der Waals surface area contributed by atoms with Crippen LogP contribution >= 0.6 is 11.6 Å². The number of benzene rings is 2. The third-order valence-corrected chi connectivity index (χ3v) is 4.31. The molecule has 0 aliphatic heterocycles. The Balaban J connectivity index is 2.08. The van der Waals surface area contributed by atoms with Crippen LogP contribution in [0.2, 0.25) is 5.02 Å². The maximum atomic E-state index is 12.4. The van der Waals surface area contributed by atoms with Gasteiger partial charge in [-0.1, -0.05) is 23.7 Å². The number of esters is 1. The van der Waals surface area contributed by atoms with Crippen LogP contribution in [0.4, 0.5) is 11.4 Å². The van der Waals surface area contributed by atoms with Crippen LogP contribution in [0, 0.1) is 0 Å². The summed E-state index contributed by atoms with van der Waals surface area (Å²) in [5, 5.41) is 2.88. The first-order valence-corrected chi connectivity index (χ1v) is 10.3. The highest BCUT2D eigenvalue weighted by Crippen LogP contribution is 2.24. The second-order valence-corrected chi connectivity index (χ2v) is 7.86. The molecule has 27 heavy (non-hydrogen) atoms. The molecule has 2 rings (SSSR count). The molecule has 2 N–H and O–H groups in total. The second-order valence-electron chi connectivity index (χ2n) is 5.70. The summed E-state index contributed by atoms with van der Waals surface area (Å²) < 4.78 is 29.9. The summed E-state index contributed by atoms with van der Waals surface area (Å²) in [5.41, 5.74) is 1.65. The molecule has 0 spiro atoms. The molecule has 2 aromatic carbocycles. The van der Waals surface area contributed by atoms with E-state index in [4.69, 9.17) is 16.3 Å². The molecule has 2 aromatic rings. The molecule has 0 bridgehead atoms. The molecular weight excluding hydrogens is 392 g/mol. The lowest BCUT2D eigenvalue weighted by molar-refractivity contribution is -0.142. The Bertz CT molecular complexity index is 943. The molecule has 0 aliphatic rings. The summed E-state index contributed by atoms with van der Waals surface area (Å²) in [6, 6.07) is 11.0. The Hall–Kier alpha value is -2.58. The molecule has 0 atom stereocenters. The van der Waals surface area contributed by atoms with E-state index >= 15 is 0 Å². The number of hydrogen-bond donors (Lipinski definition) is 2. The molecule has 0 saturated heterocycles. The lowest BCUT2D eigenvalue weighted by Gasteiger charge is -2.10. The first-order valence-electron chi connectivity index (χ1n) is 8.01. The van der Waals surface area contributed by atoms with Crippen molar-refractivity contribution in [1.29, 1.82) is 0 Å². The zero-order valence-corrected chi connectivity index (χ0v) is 16.4. The van der Waals surface area contributed by atoms with Gasteiger partial charge in [-0.2, -0.15) is 0 Å². The van der Waals surface area contributed by atoms with E-state index in [1.807, 2.05) is 0 Å². The van der Waals surface area contributed by atoms with E-state index in [0.29, 0.717) is 12.3 Å². The molecule has 144 valence electrons. The van der Waals surface area contributed by atoms with Gasteiger partial charge in [-0.05, 0) is 42.8 Å². The fourth-order valence-corrected chi connectivity index (χ4v) is 3.02. The van der Waals surface area contributed by atoms with Crippen molar-refractivity contribution in [2.75, 3.05) is 22.9 Å². The highest BCUT2D eigenvalue weighted by Gasteiger charge is 2.12. The zero-order valence-electron chi connectivity index (χ0n) is 14.8. The van der Waals surface area contributed by atoms with E-state index in [2.05, 4.69) is 10.0 Å². The van der Waals surface area contributed by atoms with Crippen LogP contribution in [0.25, 0.3) is 0 Å². The highest BCUT2D eigenvalue weighted by molar-refractivity contribution is 7.92. The number of halogens is 1. The zero-order chi connectivity index (χ0) is 20.0. The van der Waals surface area contributed by atoms with Gasteiger partial charge in [0.1, 0.15) is 0 Å². The molecule has 0 unspecified atom stereocenters. The minimum Gasteiger partial charge on any atom is -0.466 e. The maximum absolute atomic E-state index is 12.4. The summed E-state index contributed by atoms with van der Waals surface area (Å²) in [5.74, 6) is -0.747. The van der Waals surface area contributed by atoms with Crippen LogP contribution in [-0.4, -0.2) is 33.2 Å². The van der Waals surface area contributed by atoms with Gasteiger partial charge in [-0.25, -0.2) is 8.42 Å². The molecule has 7 nitrogen and oxygen atoms in total. The smallest absolute Gasteiger partial charge is 0.310 e. The number of rotatable bonds is 7. The second kappa shape index (κ2) is 8.88. The van der Waals surface area contributed by atoms with E-state index in [-0.39, 0.29) is 28.7 Å². The average Bonchev–Trinajstić information content (AvgIpc) is 2.57. The summed E-state index contributed by atoms with van der Waals surface area (Å²) in [7, 11) is -3.52. The minimum atomic E-state index is -3.52. The van der Waals surface area contributed by atoms with Crippen molar-refractivity contribution in [2.45, 2.75) is 13.3 Å². The summed E-state index contributed by atoms with van der Waals surface area (Å²) >= 11 is 5.95. The molecule has 0 fully saturated rings. The standard InChI is InChI=1S/C18H19ClN2O5S/c1-3-26-17(22)10-12-4-7-14(8-5-12)20-18(23)13-6-9-15(19)16(11-13)21-27(2,24)25/h4-9,11,21H,3,10H2,1-2H3,(H,20,23). The van der Waals surface area contributed by atoms with Crippen molar-refractivity contribution in [3.63, 3.8) is 0 Å². The Morgan fingerprint density at radius 2 is 1.78 bits per heavy atom. The fraction of sp³-hybridized carbons (Fsp3) is 0.222. The largest absolute Gasteiger partial charge is 0.466 e. The van der Waals surface area contributed by atoms with Crippen molar-refractivity contribution in [3.8, 4) is 0 Å². The quantitative estimate of drug-likeness (QED) is 0.683. The predicted molar refractivity (Wildman–Crippen MR) is 105 cm³/mol. The number of carbonyl (C=O) groups excluding carboxylic acids is 2. The summed E-state index contributed by atoms with van der Waals surface area (Å²) in [6.45, 7) is 2.06. The lowest BCUT2D eigenvalue weighted by Crippen LogP contribution is -2.14. The number of nitrogens with one attached hydrogen (secondary N) is 2. The molecule has 0 heterocycles. The van der Waals surface area contributed by atoms with Gasteiger partial charge in [-0.15, -0.1) is 0 Å². The van der Waals surface area contributed by atoms with Crippen LogP contribution < -0.4 is 10.0 Å². The number of sulfonamides is 1. The SMILES string of the molecule is CCOC(=O)Cc1ccc(NC(=O)c2ccc(Cl)c(NS(C)(=O)=O)c2)cc1. The molecule has 0 saturated carbocycles. The highest BCUT2D eigenvalue weighted by atomic mass is 35.5. The van der Waals surface area contributed by atoms with Crippen molar-refractivity contribution in [2.24, 2.45) is 0 Å². The average molecular weight is 411 g/mol. The van der Waals surface area contributed by atoms with Gasteiger partial charge in [0.15, 0.2) is 0 Å². The van der Waals surface area contributed by atoms with Gasteiger partial charge in [0.05, 0.1) is 30.0 Å². The van der Waals surface area contributed by atoms with Crippen LogP contribution in [-0.2, 0) is 26.0 Å². The first-order chi connectivity index (χ1) is 12.7. The Morgan fingerprint density at radius 1 is 1.11 bits per heavy atom. The van der Waals surface area contributed by atoms with Gasteiger partial charge in [0.2, 0.25) is 10.0 Å². The first kappa shape index (κ1) is 20.7. The lowest BCUT2D eigenvalue weighted by atomic mass is 10.1. The van der Waals surface area contributed by atoms with Gasteiger partial charge in [0.25, 0.3) is 5.91 Å². The molecule has 0 aromatic heterocycles. The Morgan fingerprint density at radius 3 is 2.37 bits per heavy atom. The maximum Gasteiger partial charge on any atom is 0.310 e. The van der Waals surface area contributed by atoms with Crippen molar-refractivity contribution in [3.05, 3.63) is 58.6 Å². The third-order valence-electron chi connectivity index (χ3n) is 3.39. The topological polar surface area (TPSA) is 102 Å². The number of anilines is 2. The van der Waals surface area contributed by atoms with Gasteiger partial charge < -0.3 is 10.1 Å². The fourth-order valence-electron chi connectivity index (χ4n) is 2.23. The number of hydrogen-bond acceptors (Lipinski definition) is 5. The molecular formula is C18H19ClN2O5S. The summed E-state index contributed by atoms with van der Waals surface area (Å²) in [4.78, 5) is 23.9. The van der Waals surface area contributed by atoms with Crippen LogP contribution in [0.5, 0.6) is 0 Å². The molecule has 0 radical (unpaired) electrons. The van der Waals surface area contributed by atoms with Gasteiger partial charge in [-0.3, -0.25) is 14.3 Å². The van der Waals surface area contributed by atoms with Crippen LogP contribution in [0.15, 0.2) is 42.5 Å². The summed E-state index contributed by atoms with van der Waals surface area (Å²) in [6.07, 6.45) is 1.15. The van der Waals surface area contributed by atoms with E-state index in [1.54, 1.807) is 31.2 Å². The molecule has 1 amide bonds. The van der Waals surface area contributed by atoms with E-state index < -0.39 is 15.9 Å². The minimum absolute atomic E-state index is 0.122. The van der Waals surface area contributed by atoms with Crippen molar-refractivity contribution < 1.29 is 22.7 Å². The van der Waals surface area contributed by atoms with Gasteiger partial charge in [0, 0.05) is 11.3 Å². The van der Waals surface area contributed by atoms with Crippen molar-refractivity contribution >= 4 is 44.9 Å². The van der Waals surface area contributed by atoms with E-state index in [1.165, 1.54) is 18.2 Å². The Kier molecular flexibility index (Phi) is 6.81. The van der Waals surface area contributed by atoms with Crippen molar-refractivity contribution in [1.82, 2.24) is 0 Å². The van der Waals surface area contributed by atoms with Gasteiger partial charge >= 0.3 is 5.97 Å². The molecule has 0 aliphatic carbocycles. The number of ether oxygens (including phenoxy) is 1. The number of amides is 1.